The lowest BCUT2D eigenvalue weighted by molar-refractivity contribution is -0.130. The van der Waals surface area contributed by atoms with Crippen molar-refractivity contribution < 1.29 is 17.9 Å². The van der Waals surface area contributed by atoms with Crippen LogP contribution in [0.2, 0.25) is 0 Å². The van der Waals surface area contributed by atoms with E-state index in [0.29, 0.717) is 19.6 Å². The molecule has 1 amide bonds. The second-order valence-electron chi connectivity index (χ2n) is 7.81. The summed E-state index contributed by atoms with van der Waals surface area (Å²) in [5, 5.41) is 4.57. The minimum atomic E-state index is -2.98. The number of hydrogen-bond donors (Lipinski definition) is 0. The van der Waals surface area contributed by atoms with Crippen molar-refractivity contribution in [1.29, 1.82) is 0 Å². The third kappa shape index (κ3) is 5.18. The first-order chi connectivity index (χ1) is 13.7. The number of benzene rings is 1. The summed E-state index contributed by atoms with van der Waals surface area (Å²) in [6.45, 7) is 6.63. The molecule has 0 bridgehead atoms. The highest BCUT2D eigenvalue weighted by molar-refractivity contribution is 7.91. The molecule has 0 radical (unpaired) electrons. The second-order valence-corrected chi connectivity index (χ2v) is 10.0. The first-order valence-corrected chi connectivity index (χ1v) is 11.7. The molecule has 29 heavy (non-hydrogen) atoms. The Morgan fingerprint density at radius 1 is 1.24 bits per heavy atom. The molecule has 0 N–H and O–H groups in total. The highest BCUT2D eigenvalue weighted by Gasteiger charge is 2.31. The van der Waals surface area contributed by atoms with E-state index in [1.807, 2.05) is 49.7 Å². The van der Waals surface area contributed by atoms with E-state index in [9.17, 15) is 13.2 Å². The molecular weight excluding hydrogens is 390 g/mol. The maximum absolute atomic E-state index is 12.5. The Morgan fingerprint density at radius 2 is 1.93 bits per heavy atom. The fraction of sp³-hybridized carbons (Fsp3) is 0.524. The van der Waals surface area contributed by atoms with Gasteiger partial charge in [-0.3, -0.25) is 9.48 Å². The molecule has 3 rings (SSSR count). The number of nitrogens with zero attached hydrogens (tertiary/aromatic N) is 3. The predicted octanol–water partition coefficient (Wildman–Crippen LogP) is 2.60. The number of hydrogen-bond acceptors (Lipinski definition) is 5. The summed E-state index contributed by atoms with van der Waals surface area (Å²) < 4.78 is 31.1. The van der Waals surface area contributed by atoms with Crippen molar-refractivity contribution in [2.24, 2.45) is 0 Å². The summed E-state index contributed by atoms with van der Waals surface area (Å²) >= 11 is 0. The van der Waals surface area contributed by atoms with Gasteiger partial charge in [-0.2, -0.15) is 5.10 Å². The zero-order valence-corrected chi connectivity index (χ0v) is 18.3. The van der Waals surface area contributed by atoms with Crippen molar-refractivity contribution in [3.05, 3.63) is 46.8 Å². The molecule has 1 atom stereocenters. The van der Waals surface area contributed by atoms with Crippen LogP contribution in [0.15, 0.2) is 24.3 Å². The average Bonchev–Trinajstić information content (AvgIpc) is 3.16. The first-order valence-electron chi connectivity index (χ1n) is 9.85. The van der Waals surface area contributed by atoms with E-state index in [-0.39, 0.29) is 29.9 Å². The highest BCUT2D eigenvalue weighted by atomic mass is 32.2. The van der Waals surface area contributed by atoms with Gasteiger partial charge in [0, 0.05) is 24.8 Å². The maximum Gasteiger partial charge on any atom is 0.226 e. The molecule has 1 aromatic heterocycles. The fourth-order valence-corrected chi connectivity index (χ4v) is 5.35. The summed E-state index contributed by atoms with van der Waals surface area (Å²) in [5.74, 6) is 1.10. The van der Waals surface area contributed by atoms with E-state index in [0.717, 1.165) is 28.3 Å². The van der Waals surface area contributed by atoms with Crippen molar-refractivity contribution in [3.8, 4) is 5.75 Å². The van der Waals surface area contributed by atoms with Crippen LogP contribution in [-0.4, -0.2) is 54.2 Å². The number of carbonyl (C=O) groups is 1. The largest absolute Gasteiger partial charge is 0.493 e. The van der Waals surface area contributed by atoms with Crippen molar-refractivity contribution in [2.45, 2.75) is 46.2 Å². The molecule has 0 spiro atoms. The van der Waals surface area contributed by atoms with E-state index in [1.54, 1.807) is 11.9 Å². The Labute approximate surface area is 172 Å². The zero-order chi connectivity index (χ0) is 21.2. The molecule has 1 aliphatic rings. The highest BCUT2D eigenvalue weighted by Crippen LogP contribution is 2.27. The summed E-state index contributed by atoms with van der Waals surface area (Å²) in [6.07, 6.45) is 0.881. The van der Waals surface area contributed by atoms with Gasteiger partial charge in [-0.1, -0.05) is 17.7 Å². The number of carbonyl (C=O) groups excluding carboxylic acids is 1. The van der Waals surface area contributed by atoms with Crippen molar-refractivity contribution in [3.63, 3.8) is 0 Å². The Bertz CT molecular complexity index is 980. The fourth-order valence-electron chi connectivity index (χ4n) is 3.66. The number of aromatic nitrogens is 2. The van der Waals surface area contributed by atoms with Gasteiger partial charge in [-0.25, -0.2) is 8.42 Å². The molecule has 0 aliphatic carbocycles. The lowest BCUT2D eigenvalue weighted by atomic mass is 10.1. The number of sulfone groups is 1. The number of rotatable bonds is 7. The molecule has 158 valence electrons. The summed E-state index contributed by atoms with van der Waals surface area (Å²) in [7, 11) is -1.21. The van der Waals surface area contributed by atoms with E-state index >= 15 is 0 Å². The minimum Gasteiger partial charge on any atom is -0.493 e. The topological polar surface area (TPSA) is 81.5 Å². The van der Waals surface area contributed by atoms with E-state index in [4.69, 9.17) is 4.74 Å². The lowest BCUT2D eigenvalue weighted by Crippen LogP contribution is -2.28. The predicted molar refractivity (Wildman–Crippen MR) is 112 cm³/mol. The van der Waals surface area contributed by atoms with Crippen molar-refractivity contribution >= 4 is 15.7 Å². The molecule has 2 heterocycles. The number of amides is 1. The molecule has 7 nitrogen and oxygen atoms in total. The normalized spacial score (nSPS) is 18.0. The van der Waals surface area contributed by atoms with Gasteiger partial charge in [0.05, 0.1) is 36.3 Å². The maximum atomic E-state index is 12.5. The molecule has 0 saturated carbocycles. The van der Waals surface area contributed by atoms with Crippen LogP contribution in [0.3, 0.4) is 0 Å². The molecule has 1 aliphatic heterocycles. The Morgan fingerprint density at radius 3 is 2.55 bits per heavy atom. The first kappa shape index (κ1) is 21.4. The van der Waals surface area contributed by atoms with Gasteiger partial charge in [-0.05, 0) is 39.3 Å². The molecule has 0 unspecified atom stereocenters. The van der Waals surface area contributed by atoms with Crippen LogP contribution in [0.25, 0.3) is 0 Å². The average molecular weight is 420 g/mol. The van der Waals surface area contributed by atoms with Crippen LogP contribution in [0.5, 0.6) is 5.75 Å². The van der Waals surface area contributed by atoms with Crippen LogP contribution in [0.1, 0.15) is 41.4 Å². The Kier molecular flexibility index (Phi) is 6.31. The van der Waals surface area contributed by atoms with Gasteiger partial charge in [0.15, 0.2) is 9.84 Å². The van der Waals surface area contributed by atoms with Gasteiger partial charge in [0.25, 0.3) is 0 Å². The second kappa shape index (κ2) is 8.57. The minimum absolute atomic E-state index is 0.00731. The van der Waals surface area contributed by atoms with Crippen LogP contribution in [-0.2, 0) is 21.2 Å². The summed E-state index contributed by atoms with van der Waals surface area (Å²) in [6, 6.07) is 7.63. The Balaban J connectivity index is 1.57. The lowest BCUT2D eigenvalue weighted by Gasteiger charge is -2.18. The molecule has 1 aromatic carbocycles. The van der Waals surface area contributed by atoms with Gasteiger partial charge >= 0.3 is 0 Å². The monoisotopic (exact) mass is 419 g/mol. The Hall–Kier alpha value is -2.35. The van der Waals surface area contributed by atoms with E-state index in [2.05, 4.69) is 5.10 Å². The van der Waals surface area contributed by atoms with E-state index < -0.39 is 9.84 Å². The number of aryl methyl sites for hydroxylation is 2. The van der Waals surface area contributed by atoms with Gasteiger partial charge in [-0.15, -0.1) is 0 Å². The van der Waals surface area contributed by atoms with Gasteiger partial charge in [0.1, 0.15) is 5.75 Å². The van der Waals surface area contributed by atoms with Crippen molar-refractivity contribution in [2.75, 3.05) is 25.2 Å². The van der Waals surface area contributed by atoms with Crippen LogP contribution in [0, 0.1) is 20.8 Å². The van der Waals surface area contributed by atoms with Crippen molar-refractivity contribution in [1.82, 2.24) is 14.7 Å². The van der Waals surface area contributed by atoms with Gasteiger partial charge < -0.3 is 9.64 Å². The third-order valence-corrected chi connectivity index (χ3v) is 7.21. The van der Waals surface area contributed by atoms with Crippen LogP contribution >= 0.6 is 0 Å². The van der Waals surface area contributed by atoms with E-state index in [1.165, 1.54) is 0 Å². The van der Waals surface area contributed by atoms with Crippen LogP contribution < -0.4 is 4.74 Å². The summed E-state index contributed by atoms with van der Waals surface area (Å²) in [4.78, 5) is 14.2. The van der Waals surface area contributed by atoms with Crippen LogP contribution in [0.4, 0.5) is 0 Å². The molecule has 2 aromatic rings. The number of ether oxygens (including phenoxy) is 1. The molecular formula is C21H29N3O4S. The molecule has 1 saturated heterocycles. The molecule has 1 fully saturated rings. The van der Waals surface area contributed by atoms with Gasteiger partial charge in [0.2, 0.25) is 5.91 Å². The SMILES string of the molecule is Cc1ccc(OCCC(=O)N(C)Cc2c(C)nn([C@@H]3CCS(=O)(=O)C3)c2C)cc1. The smallest absolute Gasteiger partial charge is 0.226 e. The third-order valence-electron chi connectivity index (χ3n) is 5.46. The summed E-state index contributed by atoms with van der Waals surface area (Å²) in [5.41, 5.74) is 3.90. The zero-order valence-electron chi connectivity index (χ0n) is 17.5. The standard InChI is InChI=1S/C21H29N3O4S/c1-15-5-7-19(8-6-15)28-11-9-21(25)23(4)13-20-16(2)22-24(17(20)3)18-10-12-29(26,27)14-18/h5-8,18H,9-14H2,1-4H3/t18-/m1/s1. The molecule has 8 heteroatoms. The quantitative estimate of drug-likeness (QED) is 0.689.